The topological polar surface area (TPSA) is 107 Å². The first-order valence-corrected chi connectivity index (χ1v) is 10.7. The predicted octanol–water partition coefficient (Wildman–Crippen LogP) is -2.76. The van der Waals surface area contributed by atoms with Crippen molar-refractivity contribution in [2.75, 3.05) is 0 Å². The number of carbonyl (C=O) groups excluding carboxylic acids is 1. The standard InChI is InChI=1S/C18H34O6S.2K/c1-2-3-4-11-14-17(24-25(21,22)23)15-12-9-7-5-6-8-10-13-16-18(19)20;;/h9,12,17H,2-8,10-11,13-16H2,1H3,(H,19,20)(H,21,22,23);;/q;2*+1/p-2/b12-9-;;/t17-;;/m0../s1. The Bertz CT molecular complexity index is 468. The van der Waals surface area contributed by atoms with Crippen LogP contribution in [-0.4, -0.2) is 25.0 Å². The van der Waals surface area contributed by atoms with Gasteiger partial charge < -0.3 is 14.5 Å². The maximum Gasteiger partial charge on any atom is 1.00 e. The minimum atomic E-state index is -4.66. The molecule has 0 fully saturated rings. The molecule has 0 saturated heterocycles. The molecule has 0 heterocycles. The van der Waals surface area contributed by atoms with E-state index in [2.05, 4.69) is 11.1 Å². The molecule has 0 bridgehead atoms. The second kappa shape index (κ2) is 23.0. The van der Waals surface area contributed by atoms with Gasteiger partial charge in [-0.25, -0.2) is 8.42 Å². The number of unbranched alkanes of at least 4 members (excludes halogenated alkanes) is 8. The van der Waals surface area contributed by atoms with Crippen molar-refractivity contribution >= 4 is 16.4 Å². The van der Waals surface area contributed by atoms with Gasteiger partial charge in [0.15, 0.2) is 0 Å². The van der Waals surface area contributed by atoms with Crippen LogP contribution in [-0.2, 0) is 19.4 Å². The summed E-state index contributed by atoms with van der Waals surface area (Å²) >= 11 is 0. The molecule has 0 aliphatic carbocycles. The van der Waals surface area contributed by atoms with Gasteiger partial charge in [0.25, 0.3) is 0 Å². The molecule has 1 atom stereocenters. The molecule has 148 valence electrons. The first kappa shape index (κ1) is 34.0. The molecule has 27 heavy (non-hydrogen) atoms. The molecule has 0 amide bonds. The summed E-state index contributed by atoms with van der Waals surface area (Å²) in [5.74, 6) is -0.991. The van der Waals surface area contributed by atoms with Gasteiger partial charge in [0, 0.05) is 5.97 Å². The minimum absolute atomic E-state index is 0. The van der Waals surface area contributed by atoms with Crippen molar-refractivity contribution in [3.8, 4) is 0 Å². The minimum Gasteiger partial charge on any atom is -0.726 e. The normalized spacial score (nSPS) is 12.4. The number of carboxylic acid groups (broad SMARTS) is 1. The van der Waals surface area contributed by atoms with Crippen LogP contribution in [0.2, 0.25) is 0 Å². The van der Waals surface area contributed by atoms with Crippen LogP contribution in [0, 0.1) is 0 Å². The molecule has 0 aliphatic heterocycles. The van der Waals surface area contributed by atoms with E-state index in [1.807, 2.05) is 12.2 Å². The fourth-order valence-corrected chi connectivity index (χ4v) is 3.11. The van der Waals surface area contributed by atoms with Crippen LogP contribution >= 0.6 is 0 Å². The van der Waals surface area contributed by atoms with E-state index in [1.54, 1.807) is 0 Å². The summed E-state index contributed by atoms with van der Waals surface area (Å²) in [4.78, 5) is 10.3. The molecule has 9 heteroatoms. The zero-order valence-corrected chi connectivity index (χ0v) is 24.3. The Labute approximate surface area is 250 Å². The third-order valence-electron chi connectivity index (χ3n) is 3.95. The van der Waals surface area contributed by atoms with Crippen molar-refractivity contribution in [3.05, 3.63) is 12.2 Å². The average molecular weight is 455 g/mol. The first-order chi connectivity index (χ1) is 11.8. The summed E-state index contributed by atoms with van der Waals surface area (Å²) in [6.45, 7) is 2.10. The largest absolute Gasteiger partial charge is 1.00 e. The zero-order chi connectivity index (χ0) is 19.0. The molecule has 0 aromatic carbocycles. The number of rotatable bonds is 17. The van der Waals surface area contributed by atoms with E-state index < -0.39 is 22.5 Å². The SMILES string of the molecule is CCCCCC[C@@H](C/C=C\CCCCCCCC(=O)[O-])OS(=O)(=O)[O-].[K+].[K+]. The van der Waals surface area contributed by atoms with E-state index in [0.717, 1.165) is 57.8 Å². The number of hydrogen-bond donors (Lipinski definition) is 0. The van der Waals surface area contributed by atoms with Gasteiger partial charge in [-0.3, -0.25) is 4.18 Å². The third kappa shape index (κ3) is 28.4. The van der Waals surface area contributed by atoms with E-state index in [-0.39, 0.29) is 109 Å². The molecule has 0 aromatic heterocycles. The van der Waals surface area contributed by atoms with Crippen molar-refractivity contribution in [2.24, 2.45) is 0 Å². The summed E-state index contributed by atoms with van der Waals surface area (Å²) in [6.07, 6.45) is 14.0. The van der Waals surface area contributed by atoms with Crippen LogP contribution in [0.5, 0.6) is 0 Å². The molecule has 0 rings (SSSR count). The fraction of sp³-hybridized carbons (Fsp3) is 0.833. The molecule has 0 spiro atoms. The number of aliphatic carboxylic acids is 1. The van der Waals surface area contributed by atoms with Crippen molar-refractivity contribution in [1.29, 1.82) is 0 Å². The molecule has 0 aliphatic rings. The Morgan fingerprint density at radius 3 is 2.15 bits per heavy atom. The fourth-order valence-electron chi connectivity index (χ4n) is 2.60. The van der Waals surface area contributed by atoms with Crippen LogP contribution < -0.4 is 108 Å². The van der Waals surface area contributed by atoms with Crippen molar-refractivity contribution in [1.82, 2.24) is 0 Å². The van der Waals surface area contributed by atoms with Gasteiger partial charge in [0.1, 0.15) is 0 Å². The van der Waals surface area contributed by atoms with Crippen LogP contribution in [0.1, 0.15) is 90.4 Å². The molecule has 0 aromatic rings. The third-order valence-corrected chi connectivity index (χ3v) is 4.46. The Morgan fingerprint density at radius 2 is 1.56 bits per heavy atom. The molecule has 0 unspecified atom stereocenters. The van der Waals surface area contributed by atoms with Crippen LogP contribution in [0.3, 0.4) is 0 Å². The Morgan fingerprint density at radius 1 is 0.963 bits per heavy atom. The van der Waals surface area contributed by atoms with Gasteiger partial charge in [-0.1, -0.05) is 64.0 Å². The van der Waals surface area contributed by atoms with Crippen LogP contribution in [0.15, 0.2) is 12.2 Å². The number of carboxylic acids is 1. The first-order valence-electron chi connectivity index (χ1n) is 9.34. The van der Waals surface area contributed by atoms with Crippen molar-refractivity contribution in [3.63, 3.8) is 0 Å². The Kier molecular flexibility index (Phi) is 29.0. The summed E-state index contributed by atoms with van der Waals surface area (Å²) in [6, 6.07) is 0. The summed E-state index contributed by atoms with van der Waals surface area (Å²) < 4.78 is 37.0. The van der Waals surface area contributed by atoms with E-state index in [4.69, 9.17) is 0 Å². The quantitative estimate of drug-likeness (QED) is 0.0775. The Balaban J connectivity index is -0.00000288. The zero-order valence-electron chi connectivity index (χ0n) is 17.3. The predicted molar refractivity (Wildman–Crippen MR) is 94.4 cm³/mol. The summed E-state index contributed by atoms with van der Waals surface area (Å²) in [5, 5.41) is 10.3. The maximum absolute atomic E-state index is 10.8. The number of allylic oxidation sites excluding steroid dienone is 1. The molecular formula is C18H32K2O6S. The Hall–Kier alpha value is 2.35. The van der Waals surface area contributed by atoms with Crippen molar-refractivity contribution in [2.45, 2.75) is 96.5 Å². The van der Waals surface area contributed by atoms with Crippen LogP contribution in [0.25, 0.3) is 0 Å². The second-order valence-electron chi connectivity index (χ2n) is 6.36. The van der Waals surface area contributed by atoms with Gasteiger partial charge in [0.05, 0.1) is 6.10 Å². The number of carbonyl (C=O) groups is 1. The summed E-state index contributed by atoms with van der Waals surface area (Å²) in [5.41, 5.74) is 0. The van der Waals surface area contributed by atoms with E-state index in [0.29, 0.717) is 19.3 Å². The van der Waals surface area contributed by atoms with Gasteiger partial charge in [-0.15, -0.1) is 0 Å². The number of hydrogen-bond acceptors (Lipinski definition) is 6. The average Bonchev–Trinajstić information content (AvgIpc) is 2.51. The van der Waals surface area contributed by atoms with Crippen LogP contribution in [0.4, 0.5) is 0 Å². The second-order valence-corrected chi connectivity index (χ2v) is 7.37. The summed E-state index contributed by atoms with van der Waals surface area (Å²) in [7, 11) is -4.66. The maximum atomic E-state index is 10.8. The smallest absolute Gasteiger partial charge is 0.726 e. The van der Waals surface area contributed by atoms with E-state index >= 15 is 0 Å². The molecule has 0 radical (unpaired) electrons. The van der Waals surface area contributed by atoms with Crippen molar-refractivity contribution < 1.29 is 130 Å². The molecular weight excluding hydrogens is 422 g/mol. The monoisotopic (exact) mass is 454 g/mol. The van der Waals surface area contributed by atoms with E-state index in [1.165, 1.54) is 0 Å². The molecule has 0 saturated carbocycles. The molecule has 6 nitrogen and oxygen atoms in total. The molecule has 0 N–H and O–H groups in total. The van der Waals surface area contributed by atoms with Gasteiger partial charge in [0.2, 0.25) is 10.4 Å². The van der Waals surface area contributed by atoms with Gasteiger partial charge in [-0.05, 0) is 38.5 Å². The van der Waals surface area contributed by atoms with Gasteiger partial charge in [-0.2, -0.15) is 0 Å². The van der Waals surface area contributed by atoms with E-state index in [9.17, 15) is 22.9 Å². The van der Waals surface area contributed by atoms with Gasteiger partial charge >= 0.3 is 103 Å².